The number of hydrogen-bond acceptors (Lipinski definition) is 4. The Bertz CT molecular complexity index is 587. The van der Waals surface area contributed by atoms with Crippen LogP contribution in [0.3, 0.4) is 0 Å². The van der Waals surface area contributed by atoms with E-state index in [1.165, 1.54) is 6.07 Å². The fraction of sp³-hybridized carbons (Fsp3) is 0.438. The van der Waals surface area contributed by atoms with Crippen LogP contribution in [0.5, 0.6) is 5.75 Å². The van der Waals surface area contributed by atoms with Gasteiger partial charge < -0.3 is 15.3 Å². The topological polar surface area (TPSA) is 93.4 Å². The number of nitriles is 1. The molecule has 116 valence electrons. The molecule has 1 aliphatic rings. The molecule has 1 aromatic rings. The van der Waals surface area contributed by atoms with Crippen LogP contribution >= 0.6 is 0 Å². The van der Waals surface area contributed by atoms with Gasteiger partial charge in [0.15, 0.2) is 0 Å². The molecule has 6 nitrogen and oxygen atoms in total. The highest BCUT2D eigenvalue weighted by molar-refractivity contribution is 5.96. The molecule has 2 amide bonds. The summed E-state index contributed by atoms with van der Waals surface area (Å²) in [6.45, 7) is 1.75. The molecule has 1 aliphatic heterocycles. The number of aromatic hydroxyl groups is 1. The lowest BCUT2D eigenvalue weighted by Crippen LogP contribution is -2.41. The Morgan fingerprint density at radius 1 is 1.32 bits per heavy atom. The first kappa shape index (κ1) is 15.8. The van der Waals surface area contributed by atoms with Gasteiger partial charge in [0.05, 0.1) is 11.6 Å². The van der Waals surface area contributed by atoms with Crippen LogP contribution in [0.4, 0.5) is 0 Å². The number of nitrogens with zero attached hydrogens (tertiary/aromatic N) is 2. The minimum Gasteiger partial charge on any atom is -0.507 e. The van der Waals surface area contributed by atoms with E-state index < -0.39 is 0 Å². The fourth-order valence-corrected chi connectivity index (χ4v) is 2.56. The Labute approximate surface area is 129 Å². The second kappa shape index (κ2) is 7.46. The van der Waals surface area contributed by atoms with Gasteiger partial charge in [0.25, 0.3) is 5.91 Å². The largest absolute Gasteiger partial charge is 0.507 e. The van der Waals surface area contributed by atoms with Gasteiger partial charge in [-0.1, -0.05) is 12.1 Å². The molecule has 0 spiro atoms. The molecule has 0 aliphatic carbocycles. The van der Waals surface area contributed by atoms with Gasteiger partial charge in [-0.15, -0.1) is 0 Å². The van der Waals surface area contributed by atoms with Gasteiger partial charge in [0, 0.05) is 19.6 Å². The number of rotatable bonds is 4. The van der Waals surface area contributed by atoms with Crippen molar-refractivity contribution >= 4 is 11.8 Å². The van der Waals surface area contributed by atoms with E-state index in [9.17, 15) is 14.7 Å². The van der Waals surface area contributed by atoms with Crippen molar-refractivity contribution in [3.8, 4) is 11.8 Å². The van der Waals surface area contributed by atoms with Crippen molar-refractivity contribution < 1.29 is 14.7 Å². The summed E-state index contributed by atoms with van der Waals surface area (Å²) in [5.74, 6) is -0.102. The Hall–Kier alpha value is -2.55. The molecule has 2 N–H and O–H groups in total. The van der Waals surface area contributed by atoms with E-state index in [1.54, 1.807) is 23.1 Å². The molecule has 22 heavy (non-hydrogen) atoms. The van der Waals surface area contributed by atoms with E-state index in [-0.39, 0.29) is 24.0 Å². The molecule has 0 unspecified atom stereocenters. The van der Waals surface area contributed by atoms with Crippen LogP contribution in [-0.2, 0) is 4.79 Å². The zero-order chi connectivity index (χ0) is 15.9. The Kier molecular flexibility index (Phi) is 5.37. The maximum absolute atomic E-state index is 12.3. The normalized spacial score (nSPS) is 15.1. The summed E-state index contributed by atoms with van der Waals surface area (Å²) < 4.78 is 0. The van der Waals surface area contributed by atoms with Crippen molar-refractivity contribution in [2.24, 2.45) is 5.92 Å². The predicted octanol–water partition coefficient (Wildman–Crippen LogP) is 1.27. The van der Waals surface area contributed by atoms with E-state index in [0.717, 1.165) is 12.8 Å². The Morgan fingerprint density at radius 2 is 2.00 bits per heavy atom. The molecule has 1 saturated heterocycles. The average Bonchev–Trinajstić information content (AvgIpc) is 2.53. The summed E-state index contributed by atoms with van der Waals surface area (Å²) in [7, 11) is 0. The first-order valence-corrected chi connectivity index (χ1v) is 7.32. The number of nitrogens with one attached hydrogen (secondary N) is 1. The van der Waals surface area contributed by atoms with Crippen molar-refractivity contribution in [3.05, 3.63) is 29.8 Å². The lowest BCUT2D eigenvalue weighted by molar-refractivity contribution is -0.120. The highest BCUT2D eigenvalue weighted by Crippen LogP contribution is 2.22. The lowest BCUT2D eigenvalue weighted by atomic mass is 9.96. The van der Waals surface area contributed by atoms with E-state index in [4.69, 9.17) is 5.26 Å². The number of piperidine rings is 1. The number of carbonyl (C=O) groups is 2. The van der Waals surface area contributed by atoms with Crippen molar-refractivity contribution in [1.29, 1.82) is 5.26 Å². The Morgan fingerprint density at radius 3 is 2.64 bits per heavy atom. The van der Waals surface area contributed by atoms with Gasteiger partial charge in [0.2, 0.25) is 5.91 Å². The minimum atomic E-state index is -0.254. The average molecular weight is 301 g/mol. The molecule has 0 radical (unpaired) electrons. The standard InChI is InChI=1S/C16H19N3O3/c17-8-5-15(21)18-11-12-6-9-19(10-7-12)16(22)13-3-1-2-4-14(13)20/h1-4,12,20H,5-7,9-11H2,(H,18,21). The van der Waals surface area contributed by atoms with Crippen LogP contribution in [-0.4, -0.2) is 41.5 Å². The van der Waals surface area contributed by atoms with Crippen LogP contribution < -0.4 is 5.32 Å². The molecule has 1 fully saturated rings. The molecule has 0 bridgehead atoms. The smallest absolute Gasteiger partial charge is 0.257 e. The SMILES string of the molecule is N#CCC(=O)NCC1CCN(C(=O)c2ccccc2O)CC1. The second-order valence-corrected chi connectivity index (χ2v) is 5.39. The molecule has 0 saturated carbocycles. The van der Waals surface area contributed by atoms with E-state index in [0.29, 0.717) is 31.1 Å². The van der Waals surface area contributed by atoms with Crippen LogP contribution in [0.1, 0.15) is 29.6 Å². The van der Waals surface area contributed by atoms with E-state index in [1.807, 2.05) is 6.07 Å². The number of amides is 2. The highest BCUT2D eigenvalue weighted by Gasteiger charge is 2.25. The number of phenolic OH excluding ortho intramolecular Hbond substituents is 1. The first-order chi connectivity index (χ1) is 10.6. The maximum atomic E-state index is 12.3. The second-order valence-electron chi connectivity index (χ2n) is 5.39. The van der Waals surface area contributed by atoms with Crippen molar-refractivity contribution in [2.45, 2.75) is 19.3 Å². The summed E-state index contributed by atoms with van der Waals surface area (Å²) in [6.07, 6.45) is 1.48. The number of para-hydroxylation sites is 1. The zero-order valence-electron chi connectivity index (χ0n) is 12.3. The van der Waals surface area contributed by atoms with Crippen LogP contribution in [0, 0.1) is 17.2 Å². The lowest BCUT2D eigenvalue weighted by Gasteiger charge is -2.32. The minimum absolute atomic E-state index is 0.00149. The van der Waals surface area contributed by atoms with E-state index in [2.05, 4.69) is 5.32 Å². The number of carbonyl (C=O) groups excluding carboxylic acids is 2. The number of phenols is 1. The zero-order valence-corrected chi connectivity index (χ0v) is 12.3. The molecule has 0 aromatic heterocycles. The van der Waals surface area contributed by atoms with E-state index >= 15 is 0 Å². The molecular formula is C16H19N3O3. The first-order valence-electron chi connectivity index (χ1n) is 7.32. The predicted molar refractivity (Wildman–Crippen MR) is 80.0 cm³/mol. The van der Waals surface area contributed by atoms with Gasteiger partial charge in [-0.3, -0.25) is 9.59 Å². The van der Waals surface area contributed by atoms with Gasteiger partial charge in [-0.25, -0.2) is 0 Å². The summed E-state index contributed by atoms with van der Waals surface area (Å²) in [5, 5.41) is 20.9. The molecule has 2 rings (SSSR count). The van der Waals surface area contributed by atoms with Gasteiger partial charge in [-0.2, -0.15) is 5.26 Å². The highest BCUT2D eigenvalue weighted by atomic mass is 16.3. The monoisotopic (exact) mass is 301 g/mol. The van der Waals surface area contributed by atoms with Crippen LogP contribution in [0.25, 0.3) is 0 Å². The summed E-state index contributed by atoms with van der Waals surface area (Å²) in [5.41, 5.74) is 0.322. The number of benzene rings is 1. The third-order valence-electron chi connectivity index (χ3n) is 3.86. The maximum Gasteiger partial charge on any atom is 0.257 e. The van der Waals surface area contributed by atoms with Gasteiger partial charge in [-0.05, 0) is 30.9 Å². The number of likely N-dealkylation sites (tertiary alicyclic amines) is 1. The van der Waals surface area contributed by atoms with Crippen LogP contribution in [0.2, 0.25) is 0 Å². The van der Waals surface area contributed by atoms with Crippen LogP contribution in [0.15, 0.2) is 24.3 Å². The fourth-order valence-electron chi connectivity index (χ4n) is 2.56. The van der Waals surface area contributed by atoms with Crippen molar-refractivity contribution in [3.63, 3.8) is 0 Å². The van der Waals surface area contributed by atoms with Gasteiger partial charge >= 0.3 is 0 Å². The number of hydrogen-bond donors (Lipinski definition) is 2. The van der Waals surface area contributed by atoms with Gasteiger partial charge in [0.1, 0.15) is 12.2 Å². The molecule has 1 heterocycles. The molecule has 0 atom stereocenters. The molecular weight excluding hydrogens is 282 g/mol. The summed E-state index contributed by atoms with van der Waals surface area (Å²) >= 11 is 0. The third-order valence-corrected chi connectivity index (χ3v) is 3.86. The van der Waals surface area contributed by atoms with Crippen molar-refractivity contribution in [2.75, 3.05) is 19.6 Å². The Balaban J connectivity index is 1.82. The molecule has 6 heteroatoms. The third kappa shape index (κ3) is 3.98. The summed E-state index contributed by atoms with van der Waals surface area (Å²) in [4.78, 5) is 25.3. The quantitative estimate of drug-likeness (QED) is 0.876. The van der Waals surface area contributed by atoms with Crippen molar-refractivity contribution in [1.82, 2.24) is 10.2 Å². The summed E-state index contributed by atoms with van der Waals surface area (Å²) in [6, 6.07) is 8.34. The molecule has 1 aromatic carbocycles.